The second-order valence-electron chi connectivity index (χ2n) is 4.48. The van der Waals surface area contributed by atoms with Crippen LogP contribution in [0, 0.1) is 0 Å². The number of nitrogens with two attached hydrogens (primary N) is 1. The van der Waals surface area contributed by atoms with E-state index < -0.39 is 0 Å². The highest BCUT2D eigenvalue weighted by atomic mass is 35.5. The molecule has 1 atom stereocenters. The molecule has 3 heteroatoms. The average molecular weight is 244 g/mol. The summed E-state index contributed by atoms with van der Waals surface area (Å²) in [5, 5.41) is 0.944. The standard InChI is InChI=1S/C12H18ClNS/c1-8(14)11-7-10(13)12(15-11)9-5-3-2-4-6-9/h7-9H,2-6,14H2,1H3. The van der Waals surface area contributed by atoms with Gasteiger partial charge in [-0.15, -0.1) is 11.3 Å². The molecule has 1 fully saturated rings. The summed E-state index contributed by atoms with van der Waals surface area (Å²) in [6.45, 7) is 2.02. The van der Waals surface area contributed by atoms with Crippen LogP contribution in [-0.4, -0.2) is 0 Å². The van der Waals surface area contributed by atoms with E-state index in [9.17, 15) is 0 Å². The maximum Gasteiger partial charge on any atom is 0.0551 e. The van der Waals surface area contributed by atoms with Gasteiger partial charge >= 0.3 is 0 Å². The minimum Gasteiger partial charge on any atom is -0.324 e. The fourth-order valence-corrected chi connectivity index (χ4v) is 3.90. The molecule has 2 N–H and O–H groups in total. The number of rotatable bonds is 2. The molecule has 1 aromatic heterocycles. The molecule has 1 unspecified atom stereocenters. The van der Waals surface area contributed by atoms with E-state index in [-0.39, 0.29) is 6.04 Å². The molecule has 1 aliphatic rings. The van der Waals surface area contributed by atoms with Crippen LogP contribution in [-0.2, 0) is 0 Å². The highest BCUT2D eigenvalue weighted by molar-refractivity contribution is 7.12. The highest BCUT2D eigenvalue weighted by Crippen LogP contribution is 2.41. The van der Waals surface area contributed by atoms with Crippen molar-refractivity contribution < 1.29 is 0 Å². The molecule has 0 bridgehead atoms. The monoisotopic (exact) mass is 243 g/mol. The number of thiophene rings is 1. The maximum atomic E-state index is 6.28. The lowest BCUT2D eigenvalue weighted by Crippen LogP contribution is -2.03. The fourth-order valence-electron chi connectivity index (χ4n) is 2.27. The van der Waals surface area contributed by atoms with Crippen molar-refractivity contribution in [3.8, 4) is 0 Å². The van der Waals surface area contributed by atoms with Crippen molar-refractivity contribution in [2.45, 2.75) is 51.0 Å². The van der Waals surface area contributed by atoms with Crippen LogP contribution < -0.4 is 5.73 Å². The van der Waals surface area contributed by atoms with Gasteiger partial charge in [0, 0.05) is 15.8 Å². The maximum absolute atomic E-state index is 6.28. The molecular formula is C12H18ClNS. The molecule has 0 spiro atoms. The summed E-state index contributed by atoms with van der Waals surface area (Å²) in [5.41, 5.74) is 5.88. The Labute approximate surface area is 101 Å². The van der Waals surface area contributed by atoms with Crippen molar-refractivity contribution in [3.63, 3.8) is 0 Å². The van der Waals surface area contributed by atoms with Crippen LogP contribution in [0.15, 0.2) is 6.07 Å². The van der Waals surface area contributed by atoms with Crippen molar-refractivity contribution in [3.05, 3.63) is 20.8 Å². The summed E-state index contributed by atoms with van der Waals surface area (Å²) < 4.78 is 0. The van der Waals surface area contributed by atoms with Crippen LogP contribution in [0.3, 0.4) is 0 Å². The Balaban J connectivity index is 2.19. The van der Waals surface area contributed by atoms with Crippen LogP contribution in [0.5, 0.6) is 0 Å². The molecule has 2 rings (SSSR count). The first-order valence-electron chi connectivity index (χ1n) is 5.73. The summed E-state index contributed by atoms with van der Waals surface area (Å²) in [6, 6.07) is 2.17. The lowest BCUT2D eigenvalue weighted by Gasteiger charge is -2.20. The molecule has 15 heavy (non-hydrogen) atoms. The highest BCUT2D eigenvalue weighted by Gasteiger charge is 2.21. The van der Waals surface area contributed by atoms with E-state index in [1.165, 1.54) is 41.9 Å². The zero-order valence-electron chi connectivity index (χ0n) is 9.13. The summed E-state index contributed by atoms with van der Waals surface area (Å²) in [4.78, 5) is 2.60. The van der Waals surface area contributed by atoms with Gasteiger partial charge in [0.15, 0.2) is 0 Å². The number of hydrogen-bond acceptors (Lipinski definition) is 2. The van der Waals surface area contributed by atoms with Crippen molar-refractivity contribution in [1.82, 2.24) is 0 Å². The van der Waals surface area contributed by atoms with Gasteiger partial charge in [0.1, 0.15) is 0 Å². The first-order chi connectivity index (χ1) is 7.18. The summed E-state index contributed by atoms with van der Waals surface area (Å²) in [5.74, 6) is 0.698. The normalized spacial score (nSPS) is 20.5. The van der Waals surface area contributed by atoms with Gasteiger partial charge in [0.2, 0.25) is 0 Å². The van der Waals surface area contributed by atoms with Gasteiger partial charge in [-0.1, -0.05) is 30.9 Å². The molecule has 0 aliphatic heterocycles. The molecule has 1 nitrogen and oxygen atoms in total. The molecule has 84 valence electrons. The molecule has 1 heterocycles. The van der Waals surface area contributed by atoms with E-state index in [1.54, 1.807) is 0 Å². The third-order valence-electron chi connectivity index (χ3n) is 3.16. The Hall–Kier alpha value is -0.0500. The first-order valence-corrected chi connectivity index (χ1v) is 6.92. The molecule has 1 saturated carbocycles. The van der Waals surface area contributed by atoms with Gasteiger partial charge < -0.3 is 5.73 Å². The van der Waals surface area contributed by atoms with E-state index in [1.807, 2.05) is 18.3 Å². The summed E-state index contributed by atoms with van der Waals surface area (Å²) in [6.07, 6.45) is 6.70. The average Bonchev–Trinajstić information content (AvgIpc) is 2.62. The molecule has 0 aromatic carbocycles. The smallest absolute Gasteiger partial charge is 0.0551 e. The van der Waals surface area contributed by atoms with Gasteiger partial charge in [0.05, 0.1) is 5.02 Å². The van der Waals surface area contributed by atoms with E-state index in [2.05, 4.69) is 6.07 Å². The summed E-state index contributed by atoms with van der Waals surface area (Å²) >= 11 is 8.09. The Morgan fingerprint density at radius 1 is 1.40 bits per heavy atom. The predicted octanol–water partition coefficient (Wildman–Crippen LogP) is 4.47. The van der Waals surface area contributed by atoms with Crippen LogP contribution in [0.2, 0.25) is 5.02 Å². The molecule has 0 amide bonds. The number of hydrogen-bond donors (Lipinski definition) is 1. The van der Waals surface area contributed by atoms with Crippen LogP contribution in [0.25, 0.3) is 0 Å². The Bertz CT molecular complexity index is 326. The van der Waals surface area contributed by atoms with Gasteiger partial charge in [-0.25, -0.2) is 0 Å². The largest absolute Gasteiger partial charge is 0.324 e. The SMILES string of the molecule is CC(N)c1cc(Cl)c(C2CCCCC2)s1. The molecular weight excluding hydrogens is 226 g/mol. The Morgan fingerprint density at radius 2 is 2.07 bits per heavy atom. The minimum absolute atomic E-state index is 0.116. The quantitative estimate of drug-likeness (QED) is 0.815. The van der Waals surface area contributed by atoms with Crippen molar-refractivity contribution in [2.75, 3.05) is 0 Å². The van der Waals surface area contributed by atoms with Crippen LogP contribution in [0.1, 0.15) is 60.7 Å². The molecule has 0 saturated heterocycles. The third-order valence-corrected chi connectivity index (χ3v) is 5.08. The van der Waals surface area contributed by atoms with Gasteiger partial charge in [0.25, 0.3) is 0 Å². The van der Waals surface area contributed by atoms with Crippen molar-refractivity contribution in [2.24, 2.45) is 5.73 Å². The van der Waals surface area contributed by atoms with E-state index in [4.69, 9.17) is 17.3 Å². The van der Waals surface area contributed by atoms with E-state index in [0.29, 0.717) is 5.92 Å². The van der Waals surface area contributed by atoms with Crippen molar-refractivity contribution >= 4 is 22.9 Å². The topological polar surface area (TPSA) is 26.0 Å². The van der Waals surface area contributed by atoms with Crippen molar-refractivity contribution in [1.29, 1.82) is 0 Å². The second kappa shape index (κ2) is 4.86. The second-order valence-corrected chi connectivity index (χ2v) is 6.01. The van der Waals surface area contributed by atoms with E-state index >= 15 is 0 Å². The number of halogens is 1. The Morgan fingerprint density at radius 3 is 2.60 bits per heavy atom. The predicted molar refractivity (Wildman–Crippen MR) is 67.8 cm³/mol. The lowest BCUT2D eigenvalue weighted by atomic mass is 9.88. The molecule has 1 aliphatic carbocycles. The molecule has 0 radical (unpaired) electrons. The van der Waals surface area contributed by atoms with Crippen LogP contribution in [0.4, 0.5) is 0 Å². The Kier molecular flexibility index (Phi) is 3.70. The van der Waals surface area contributed by atoms with E-state index in [0.717, 1.165) is 5.02 Å². The zero-order valence-corrected chi connectivity index (χ0v) is 10.7. The first kappa shape index (κ1) is 11.4. The van der Waals surface area contributed by atoms with Gasteiger partial charge in [-0.3, -0.25) is 0 Å². The summed E-state index contributed by atoms with van der Waals surface area (Å²) in [7, 11) is 0. The molecule has 1 aromatic rings. The van der Waals surface area contributed by atoms with Gasteiger partial charge in [-0.2, -0.15) is 0 Å². The third kappa shape index (κ3) is 2.55. The minimum atomic E-state index is 0.116. The zero-order chi connectivity index (χ0) is 10.8. The van der Waals surface area contributed by atoms with Crippen LogP contribution >= 0.6 is 22.9 Å². The van der Waals surface area contributed by atoms with Gasteiger partial charge in [-0.05, 0) is 31.7 Å². The fraction of sp³-hybridized carbons (Fsp3) is 0.667. The lowest BCUT2D eigenvalue weighted by molar-refractivity contribution is 0.448.